The van der Waals surface area contributed by atoms with Crippen molar-refractivity contribution < 1.29 is 14.7 Å². The smallest absolute Gasteiger partial charge is 0.305 e. The number of aryl methyl sites for hydroxylation is 1. The fraction of sp³-hybridized carbons (Fsp3) is 0.500. The van der Waals surface area contributed by atoms with Crippen LogP contribution in [0.25, 0.3) is 0 Å². The molecule has 0 spiro atoms. The first-order chi connectivity index (χ1) is 7.86. The van der Waals surface area contributed by atoms with Gasteiger partial charge in [-0.3, -0.25) is 9.59 Å². The minimum absolute atomic E-state index is 0.0698. The maximum Gasteiger partial charge on any atom is 0.305 e. The predicted molar refractivity (Wildman–Crippen MR) is 67.5 cm³/mol. The molecular weight excluding hydrogens is 238 g/mol. The number of carbonyl (C=O) groups is 2. The zero-order valence-electron chi connectivity index (χ0n) is 10.2. The number of thiophene rings is 1. The topological polar surface area (TPSA) is 66.4 Å². The van der Waals surface area contributed by atoms with Gasteiger partial charge >= 0.3 is 5.97 Å². The standard InChI is InChI=1S/C12H17NO3S/c1-4-12(3,7-10(14)15)13-11(16)9-6-5-8(2)17-9/h5-6H,4,7H2,1-3H3,(H,13,16)(H,14,15). The molecule has 0 fully saturated rings. The van der Waals surface area contributed by atoms with Gasteiger partial charge in [-0.1, -0.05) is 6.92 Å². The van der Waals surface area contributed by atoms with Crippen LogP contribution in [0.4, 0.5) is 0 Å². The van der Waals surface area contributed by atoms with E-state index in [2.05, 4.69) is 5.32 Å². The molecule has 1 rings (SSSR count). The highest BCUT2D eigenvalue weighted by molar-refractivity contribution is 7.13. The van der Waals surface area contributed by atoms with Crippen LogP contribution < -0.4 is 5.32 Å². The Morgan fingerprint density at radius 2 is 2.12 bits per heavy atom. The average molecular weight is 255 g/mol. The van der Waals surface area contributed by atoms with E-state index in [0.29, 0.717) is 11.3 Å². The summed E-state index contributed by atoms with van der Waals surface area (Å²) in [4.78, 5) is 24.3. The minimum Gasteiger partial charge on any atom is -0.481 e. The van der Waals surface area contributed by atoms with Gasteiger partial charge in [-0.25, -0.2) is 0 Å². The number of carbonyl (C=O) groups excluding carboxylic acids is 1. The Morgan fingerprint density at radius 3 is 2.53 bits per heavy atom. The lowest BCUT2D eigenvalue weighted by atomic mass is 9.94. The quantitative estimate of drug-likeness (QED) is 0.849. The lowest BCUT2D eigenvalue weighted by Gasteiger charge is -2.27. The van der Waals surface area contributed by atoms with E-state index < -0.39 is 11.5 Å². The first kappa shape index (κ1) is 13.7. The molecule has 1 aromatic rings. The monoisotopic (exact) mass is 255 g/mol. The van der Waals surface area contributed by atoms with Crippen molar-refractivity contribution in [3.05, 3.63) is 21.9 Å². The van der Waals surface area contributed by atoms with E-state index in [1.807, 2.05) is 19.9 Å². The molecule has 0 aliphatic carbocycles. The van der Waals surface area contributed by atoms with Gasteiger partial charge in [-0.2, -0.15) is 0 Å². The summed E-state index contributed by atoms with van der Waals surface area (Å²) in [5.41, 5.74) is -0.694. The van der Waals surface area contributed by atoms with Gasteiger partial charge < -0.3 is 10.4 Å². The van der Waals surface area contributed by atoms with Crippen LogP contribution >= 0.6 is 11.3 Å². The van der Waals surface area contributed by atoms with Crippen LogP contribution in [-0.4, -0.2) is 22.5 Å². The summed E-state index contributed by atoms with van der Waals surface area (Å²) in [5.74, 6) is -1.11. The van der Waals surface area contributed by atoms with Crippen LogP contribution in [0.5, 0.6) is 0 Å². The third-order valence-corrected chi connectivity index (χ3v) is 3.70. The van der Waals surface area contributed by atoms with Gasteiger partial charge in [0.05, 0.1) is 11.3 Å². The van der Waals surface area contributed by atoms with Crippen LogP contribution in [0, 0.1) is 6.92 Å². The van der Waals surface area contributed by atoms with Gasteiger partial charge in [0.15, 0.2) is 0 Å². The molecule has 4 nitrogen and oxygen atoms in total. The minimum atomic E-state index is -0.906. The second-order valence-electron chi connectivity index (χ2n) is 4.35. The maximum atomic E-state index is 11.9. The van der Waals surface area contributed by atoms with Crippen molar-refractivity contribution in [2.75, 3.05) is 0 Å². The predicted octanol–water partition coefficient (Wildman–Crippen LogP) is 2.43. The van der Waals surface area contributed by atoms with Gasteiger partial charge in [0.2, 0.25) is 0 Å². The first-order valence-corrected chi connectivity index (χ1v) is 6.29. The number of carboxylic acids is 1. The summed E-state index contributed by atoms with van der Waals surface area (Å²) in [5, 5.41) is 11.6. The Kier molecular flexibility index (Phi) is 4.28. The Bertz CT molecular complexity index is 427. The molecule has 94 valence electrons. The lowest BCUT2D eigenvalue weighted by Crippen LogP contribution is -2.46. The van der Waals surface area contributed by atoms with Crippen LogP contribution in [-0.2, 0) is 4.79 Å². The normalized spacial score (nSPS) is 14.1. The van der Waals surface area contributed by atoms with Gasteiger partial charge in [-0.15, -0.1) is 11.3 Å². The molecule has 1 unspecified atom stereocenters. The van der Waals surface area contributed by atoms with E-state index in [1.54, 1.807) is 13.0 Å². The Labute approximate surface area is 105 Å². The third-order valence-electron chi connectivity index (χ3n) is 2.70. The highest BCUT2D eigenvalue weighted by Crippen LogP contribution is 2.19. The van der Waals surface area contributed by atoms with Gasteiger partial charge in [-0.05, 0) is 32.4 Å². The van der Waals surface area contributed by atoms with Crippen LogP contribution in [0.1, 0.15) is 41.2 Å². The highest BCUT2D eigenvalue weighted by atomic mass is 32.1. The van der Waals surface area contributed by atoms with E-state index in [1.165, 1.54) is 11.3 Å². The number of carboxylic acid groups (broad SMARTS) is 1. The SMILES string of the molecule is CCC(C)(CC(=O)O)NC(=O)c1ccc(C)s1. The summed E-state index contributed by atoms with van der Waals surface area (Å²) in [6.45, 7) is 5.54. The second kappa shape index (κ2) is 5.31. The van der Waals surface area contributed by atoms with Crippen LogP contribution in [0.15, 0.2) is 12.1 Å². The number of nitrogens with one attached hydrogen (secondary N) is 1. The largest absolute Gasteiger partial charge is 0.481 e. The summed E-state index contributed by atoms with van der Waals surface area (Å²) in [7, 11) is 0. The molecule has 2 N–H and O–H groups in total. The molecule has 1 atom stereocenters. The van der Waals surface area contributed by atoms with Crippen molar-refractivity contribution in [2.24, 2.45) is 0 Å². The molecule has 0 radical (unpaired) electrons. The van der Waals surface area contributed by atoms with Crippen LogP contribution in [0.2, 0.25) is 0 Å². The van der Waals surface area contributed by atoms with Crippen LogP contribution in [0.3, 0.4) is 0 Å². The summed E-state index contributed by atoms with van der Waals surface area (Å²) in [6, 6.07) is 3.63. The Hall–Kier alpha value is -1.36. The molecule has 17 heavy (non-hydrogen) atoms. The number of hydrogen-bond donors (Lipinski definition) is 2. The molecule has 1 aromatic heterocycles. The van der Waals surface area contributed by atoms with Crippen molar-refractivity contribution >= 4 is 23.2 Å². The summed E-state index contributed by atoms with van der Waals surface area (Å²) >= 11 is 1.41. The van der Waals surface area contributed by atoms with Crippen molar-refractivity contribution in [1.82, 2.24) is 5.32 Å². The molecule has 0 aliphatic rings. The summed E-state index contributed by atoms with van der Waals surface area (Å²) < 4.78 is 0. The van der Waals surface area contributed by atoms with E-state index >= 15 is 0 Å². The lowest BCUT2D eigenvalue weighted by molar-refractivity contribution is -0.138. The molecular formula is C12H17NO3S. The highest BCUT2D eigenvalue weighted by Gasteiger charge is 2.28. The molecule has 1 heterocycles. The number of rotatable bonds is 5. The molecule has 5 heteroatoms. The number of hydrogen-bond acceptors (Lipinski definition) is 3. The third kappa shape index (κ3) is 3.85. The van der Waals surface area contributed by atoms with Gasteiger partial charge in [0.1, 0.15) is 0 Å². The molecule has 0 saturated heterocycles. The van der Waals surface area contributed by atoms with Crippen molar-refractivity contribution in [3.8, 4) is 0 Å². The average Bonchev–Trinajstić information content (AvgIpc) is 2.63. The molecule has 1 amide bonds. The van der Waals surface area contributed by atoms with Gasteiger partial charge in [0, 0.05) is 10.4 Å². The number of amides is 1. The zero-order valence-corrected chi connectivity index (χ0v) is 11.1. The fourth-order valence-electron chi connectivity index (χ4n) is 1.48. The zero-order chi connectivity index (χ0) is 13.1. The Morgan fingerprint density at radius 1 is 1.47 bits per heavy atom. The molecule has 0 saturated carbocycles. The van der Waals surface area contributed by atoms with Crippen molar-refractivity contribution in [2.45, 2.75) is 39.2 Å². The van der Waals surface area contributed by atoms with E-state index in [9.17, 15) is 9.59 Å². The first-order valence-electron chi connectivity index (χ1n) is 5.47. The van der Waals surface area contributed by atoms with E-state index in [4.69, 9.17) is 5.11 Å². The van der Waals surface area contributed by atoms with E-state index in [-0.39, 0.29) is 12.3 Å². The summed E-state index contributed by atoms with van der Waals surface area (Å²) in [6.07, 6.45) is 0.509. The second-order valence-corrected chi connectivity index (χ2v) is 5.64. The maximum absolute atomic E-state index is 11.9. The molecule has 0 aliphatic heterocycles. The fourth-order valence-corrected chi connectivity index (χ4v) is 2.25. The van der Waals surface area contributed by atoms with Gasteiger partial charge in [0.25, 0.3) is 5.91 Å². The molecule has 0 bridgehead atoms. The van der Waals surface area contributed by atoms with Crippen molar-refractivity contribution in [1.29, 1.82) is 0 Å². The van der Waals surface area contributed by atoms with Crippen molar-refractivity contribution in [3.63, 3.8) is 0 Å². The van der Waals surface area contributed by atoms with E-state index in [0.717, 1.165) is 4.88 Å². The molecule has 0 aromatic carbocycles. The number of aliphatic carboxylic acids is 1. The Balaban J connectivity index is 2.74.